The van der Waals surface area contributed by atoms with Gasteiger partial charge in [0.2, 0.25) is 0 Å². The second-order valence-electron chi connectivity index (χ2n) is 3.57. The van der Waals surface area contributed by atoms with E-state index in [9.17, 15) is 9.90 Å². The van der Waals surface area contributed by atoms with E-state index in [2.05, 4.69) is 21.4 Å². The molecule has 1 amide bonds. The van der Waals surface area contributed by atoms with Crippen LogP contribution in [0, 0.1) is 0 Å². The van der Waals surface area contributed by atoms with Crippen LogP contribution in [-0.2, 0) is 0 Å². The van der Waals surface area contributed by atoms with Gasteiger partial charge in [0.15, 0.2) is 0 Å². The molecule has 0 aliphatic rings. The van der Waals surface area contributed by atoms with Crippen LogP contribution in [0.4, 0.5) is 16.2 Å². The molecule has 2 rings (SSSR count). The van der Waals surface area contributed by atoms with Crippen LogP contribution in [0.25, 0.3) is 0 Å². The molecule has 0 saturated heterocycles. The Balaban J connectivity index is 2.22. The van der Waals surface area contributed by atoms with Gasteiger partial charge in [0.05, 0.1) is 11.4 Å². The summed E-state index contributed by atoms with van der Waals surface area (Å²) in [4.78, 5) is 11.2. The minimum Gasteiger partial charge on any atom is -0.463 e. The Kier molecular flexibility index (Phi) is 3.84. The Morgan fingerprint density at radius 2 is 1.67 bits per heavy atom. The first-order chi connectivity index (χ1) is 8.66. The van der Waals surface area contributed by atoms with E-state index in [4.69, 9.17) is 0 Å². The van der Waals surface area contributed by atoms with E-state index in [1.54, 1.807) is 36.4 Å². The SMILES string of the molecule is O=C(O)N(Nc1ccc(Br)cc1)c1ccccc1. The third-order valence-electron chi connectivity index (χ3n) is 2.29. The van der Waals surface area contributed by atoms with Crippen molar-refractivity contribution in [3.63, 3.8) is 0 Å². The lowest BCUT2D eigenvalue weighted by atomic mass is 10.3. The van der Waals surface area contributed by atoms with Gasteiger partial charge in [-0.1, -0.05) is 34.1 Å². The maximum absolute atomic E-state index is 11.2. The molecule has 0 heterocycles. The standard InChI is InChI=1S/C13H11BrN2O2/c14-10-6-8-11(9-7-10)15-16(13(17)18)12-4-2-1-3-5-12/h1-9,15H,(H,17,18). The van der Waals surface area contributed by atoms with Crippen LogP contribution < -0.4 is 10.4 Å². The summed E-state index contributed by atoms with van der Waals surface area (Å²) in [5.74, 6) is 0. The van der Waals surface area contributed by atoms with Crippen LogP contribution in [-0.4, -0.2) is 11.2 Å². The molecule has 92 valence electrons. The quantitative estimate of drug-likeness (QED) is 0.844. The number of anilines is 2. The molecule has 2 N–H and O–H groups in total. The van der Waals surface area contributed by atoms with E-state index >= 15 is 0 Å². The van der Waals surface area contributed by atoms with E-state index in [-0.39, 0.29) is 0 Å². The lowest BCUT2D eigenvalue weighted by Gasteiger charge is -2.21. The fraction of sp³-hybridized carbons (Fsp3) is 0. The number of amides is 1. The van der Waals surface area contributed by atoms with Gasteiger partial charge in [-0.05, 0) is 36.4 Å². The first-order valence-electron chi connectivity index (χ1n) is 5.27. The monoisotopic (exact) mass is 306 g/mol. The smallest absolute Gasteiger partial charge is 0.430 e. The van der Waals surface area contributed by atoms with Crippen molar-refractivity contribution in [3.05, 3.63) is 59.1 Å². The second kappa shape index (κ2) is 5.55. The van der Waals surface area contributed by atoms with Crippen LogP contribution in [0.5, 0.6) is 0 Å². The molecule has 0 aliphatic carbocycles. The van der Waals surface area contributed by atoms with E-state index in [0.29, 0.717) is 11.4 Å². The summed E-state index contributed by atoms with van der Waals surface area (Å²) in [6.07, 6.45) is -1.07. The summed E-state index contributed by atoms with van der Waals surface area (Å²) in [5.41, 5.74) is 4.10. The fourth-order valence-electron chi connectivity index (χ4n) is 1.45. The summed E-state index contributed by atoms with van der Waals surface area (Å²) in [5, 5.41) is 10.3. The van der Waals surface area contributed by atoms with Crippen LogP contribution in [0.15, 0.2) is 59.1 Å². The number of nitrogens with zero attached hydrogens (tertiary/aromatic N) is 1. The molecule has 5 heteroatoms. The van der Waals surface area contributed by atoms with Gasteiger partial charge in [0.1, 0.15) is 0 Å². The molecule has 4 nitrogen and oxygen atoms in total. The highest BCUT2D eigenvalue weighted by atomic mass is 79.9. The predicted octanol–water partition coefficient (Wildman–Crippen LogP) is 3.96. The fourth-order valence-corrected chi connectivity index (χ4v) is 1.72. The molecule has 0 spiro atoms. The second-order valence-corrected chi connectivity index (χ2v) is 4.49. The minimum atomic E-state index is -1.07. The number of rotatable bonds is 3. The van der Waals surface area contributed by atoms with Crippen molar-refractivity contribution in [1.29, 1.82) is 0 Å². The van der Waals surface area contributed by atoms with Gasteiger partial charge in [0.25, 0.3) is 0 Å². The minimum absolute atomic E-state index is 0.563. The van der Waals surface area contributed by atoms with Gasteiger partial charge in [-0.25, -0.2) is 4.79 Å². The van der Waals surface area contributed by atoms with Gasteiger partial charge in [0, 0.05) is 4.47 Å². The van der Waals surface area contributed by atoms with Crippen molar-refractivity contribution in [2.45, 2.75) is 0 Å². The molecule has 0 atom stereocenters. The first kappa shape index (κ1) is 12.4. The van der Waals surface area contributed by atoms with Gasteiger partial charge >= 0.3 is 6.09 Å². The molecule has 2 aromatic rings. The maximum Gasteiger partial charge on any atom is 0.430 e. The summed E-state index contributed by atoms with van der Waals surface area (Å²) in [7, 11) is 0. The number of para-hydroxylation sites is 1. The van der Waals surface area contributed by atoms with Crippen molar-refractivity contribution in [2.75, 3.05) is 10.4 Å². The molecule has 2 aromatic carbocycles. The average Bonchev–Trinajstić information content (AvgIpc) is 2.38. The molecule has 0 aliphatic heterocycles. The van der Waals surface area contributed by atoms with Crippen molar-refractivity contribution >= 4 is 33.4 Å². The highest BCUT2D eigenvalue weighted by Gasteiger charge is 2.13. The molecule has 18 heavy (non-hydrogen) atoms. The number of hydrogen-bond donors (Lipinski definition) is 2. The van der Waals surface area contributed by atoms with Crippen LogP contribution in [0.1, 0.15) is 0 Å². The number of hydrogen-bond acceptors (Lipinski definition) is 2. The van der Waals surface area contributed by atoms with E-state index in [1.807, 2.05) is 18.2 Å². The van der Waals surface area contributed by atoms with Gasteiger partial charge < -0.3 is 5.11 Å². The Labute approximate surface area is 113 Å². The maximum atomic E-state index is 11.2. The summed E-state index contributed by atoms with van der Waals surface area (Å²) in [6, 6.07) is 16.1. The Morgan fingerprint density at radius 3 is 2.22 bits per heavy atom. The zero-order valence-corrected chi connectivity index (χ0v) is 11.0. The predicted molar refractivity (Wildman–Crippen MR) is 74.7 cm³/mol. The Hall–Kier alpha value is -2.01. The van der Waals surface area contributed by atoms with Gasteiger partial charge in [-0.2, -0.15) is 5.01 Å². The third kappa shape index (κ3) is 3.01. The van der Waals surface area contributed by atoms with Crippen molar-refractivity contribution in [3.8, 4) is 0 Å². The number of halogens is 1. The van der Waals surface area contributed by atoms with Crippen LogP contribution >= 0.6 is 15.9 Å². The number of hydrazine groups is 1. The topological polar surface area (TPSA) is 52.6 Å². The number of carbonyl (C=O) groups is 1. The summed E-state index contributed by atoms with van der Waals surface area (Å²) < 4.78 is 0.939. The van der Waals surface area contributed by atoms with Crippen molar-refractivity contribution in [1.82, 2.24) is 0 Å². The highest BCUT2D eigenvalue weighted by molar-refractivity contribution is 9.10. The normalized spacial score (nSPS) is 9.83. The summed E-state index contributed by atoms with van der Waals surface area (Å²) >= 11 is 3.33. The zero-order chi connectivity index (χ0) is 13.0. The molecule has 0 bridgehead atoms. The number of carboxylic acid groups (broad SMARTS) is 1. The summed E-state index contributed by atoms with van der Waals surface area (Å²) in [6.45, 7) is 0. The van der Waals surface area contributed by atoms with Gasteiger partial charge in [-0.15, -0.1) is 0 Å². The lowest BCUT2D eigenvalue weighted by Crippen LogP contribution is -2.34. The number of benzene rings is 2. The van der Waals surface area contributed by atoms with Crippen molar-refractivity contribution in [2.24, 2.45) is 0 Å². The Bertz CT molecular complexity index is 528. The van der Waals surface area contributed by atoms with E-state index < -0.39 is 6.09 Å². The number of nitrogens with one attached hydrogen (secondary N) is 1. The van der Waals surface area contributed by atoms with Crippen molar-refractivity contribution < 1.29 is 9.90 Å². The van der Waals surface area contributed by atoms with E-state index in [1.165, 1.54) is 0 Å². The molecule has 0 aromatic heterocycles. The zero-order valence-electron chi connectivity index (χ0n) is 9.38. The molecular weight excluding hydrogens is 296 g/mol. The third-order valence-corrected chi connectivity index (χ3v) is 2.82. The lowest BCUT2D eigenvalue weighted by molar-refractivity contribution is 0.203. The molecule has 0 saturated carbocycles. The van der Waals surface area contributed by atoms with Crippen LogP contribution in [0.2, 0.25) is 0 Å². The van der Waals surface area contributed by atoms with Crippen LogP contribution in [0.3, 0.4) is 0 Å². The molecule has 0 fully saturated rings. The van der Waals surface area contributed by atoms with Gasteiger partial charge in [-0.3, -0.25) is 5.43 Å². The highest BCUT2D eigenvalue weighted by Crippen LogP contribution is 2.18. The molecule has 0 radical (unpaired) electrons. The first-order valence-corrected chi connectivity index (χ1v) is 6.06. The van der Waals surface area contributed by atoms with E-state index in [0.717, 1.165) is 9.48 Å². The molecule has 0 unspecified atom stereocenters. The Morgan fingerprint density at radius 1 is 1.06 bits per heavy atom. The molecular formula is C13H11BrN2O2. The largest absolute Gasteiger partial charge is 0.463 e. The average molecular weight is 307 g/mol.